The van der Waals surface area contributed by atoms with E-state index < -0.39 is 0 Å². The van der Waals surface area contributed by atoms with Crippen molar-refractivity contribution in [1.82, 2.24) is 4.90 Å². The molecule has 1 fully saturated rings. The van der Waals surface area contributed by atoms with Gasteiger partial charge in [-0.3, -0.25) is 4.79 Å². The lowest BCUT2D eigenvalue weighted by atomic mass is 9.91. The van der Waals surface area contributed by atoms with Crippen LogP contribution in [0.3, 0.4) is 0 Å². The molecule has 2 N–H and O–H groups in total. The van der Waals surface area contributed by atoms with Crippen LogP contribution in [0.1, 0.15) is 41.6 Å². The van der Waals surface area contributed by atoms with E-state index in [1.54, 1.807) is 6.07 Å². The molecular weight excluding hydrogens is 267 g/mol. The number of hydrogen-bond acceptors (Lipinski definition) is 2. The number of nitrogens with two attached hydrogens (primary N) is 1. The number of halogens is 2. The largest absolute Gasteiger partial charge is 0.331 e. The molecule has 1 aliphatic carbocycles. The van der Waals surface area contributed by atoms with Crippen molar-refractivity contribution in [3.63, 3.8) is 0 Å². The number of nitrogens with zero attached hydrogens (tertiary/aromatic N) is 1. The van der Waals surface area contributed by atoms with Gasteiger partial charge in [0.25, 0.3) is 5.91 Å². The van der Waals surface area contributed by atoms with Gasteiger partial charge in [-0.15, -0.1) is 12.4 Å². The van der Waals surface area contributed by atoms with E-state index in [9.17, 15) is 9.18 Å². The predicted molar refractivity (Wildman–Crippen MR) is 73.8 cm³/mol. The highest BCUT2D eigenvalue weighted by molar-refractivity contribution is 5.98. The van der Waals surface area contributed by atoms with Crippen LogP contribution in [0.25, 0.3) is 0 Å². The van der Waals surface area contributed by atoms with Gasteiger partial charge in [0.15, 0.2) is 0 Å². The maximum absolute atomic E-state index is 13.2. The molecule has 0 spiro atoms. The summed E-state index contributed by atoms with van der Waals surface area (Å²) in [7, 11) is 0. The van der Waals surface area contributed by atoms with Crippen LogP contribution in [0, 0.1) is 5.82 Å². The predicted octanol–water partition coefficient (Wildman–Crippen LogP) is 2.47. The lowest BCUT2D eigenvalue weighted by molar-refractivity contribution is 0.0652. The maximum atomic E-state index is 13.2. The Hall–Kier alpha value is -1.13. The first-order chi connectivity index (χ1) is 8.65. The molecule has 1 aromatic carbocycles. The first kappa shape index (κ1) is 14.3. The summed E-state index contributed by atoms with van der Waals surface area (Å²) in [6.07, 6.45) is 3.87. The van der Waals surface area contributed by atoms with Crippen LogP contribution in [0.15, 0.2) is 18.2 Å². The average Bonchev–Trinajstić information content (AvgIpc) is 2.68. The van der Waals surface area contributed by atoms with Gasteiger partial charge in [-0.25, -0.2) is 4.39 Å². The quantitative estimate of drug-likeness (QED) is 0.861. The van der Waals surface area contributed by atoms with E-state index in [1.165, 1.54) is 12.1 Å². The molecule has 5 heteroatoms. The van der Waals surface area contributed by atoms with Crippen LogP contribution in [-0.4, -0.2) is 22.9 Å². The van der Waals surface area contributed by atoms with E-state index in [1.807, 2.05) is 4.90 Å². The first-order valence-corrected chi connectivity index (χ1v) is 6.50. The van der Waals surface area contributed by atoms with Crippen LogP contribution in [0.5, 0.6) is 0 Å². The molecule has 2 aliphatic rings. The minimum absolute atomic E-state index is 0. The highest BCUT2D eigenvalue weighted by Crippen LogP contribution is 2.30. The maximum Gasteiger partial charge on any atom is 0.254 e. The normalized spacial score (nSPS) is 26.0. The summed E-state index contributed by atoms with van der Waals surface area (Å²) < 4.78 is 13.2. The van der Waals surface area contributed by atoms with Gasteiger partial charge in [0.05, 0.1) is 0 Å². The molecule has 0 saturated heterocycles. The van der Waals surface area contributed by atoms with Crippen LogP contribution in [0.2, 0.25) is 0 Å². The fourth-order valence-electron chi connectivity index (χ4n) is 3.00. The lowest BCUT2D eigenvalue weighted by Crippen LogP contribution is -2.40. The number of carbonyl (C=O) groups is 1. The third-order valence-corrected chi connectivity index (χ3v) is 4.09. The number of amides is 1. The zero-order valence-electron chi connectivity index (χ0n) is 10.6. The molecule has 1 amide bonds. The number of fused-ring (bicyclic) bond motifs is 1. The van der Waals surface area contributed by atoms with Crippen LogP contribution in [0.4, 0.5) is 4.39 Å². The molecule has 0 aromatic heterocycles. The molecule has 1 aromatic rings. The summed E-state index contributed by atoms with van der Waals surface area (Å²) in [5.74, 6) is -0.361. The molecule has 1 saturated carbocycles. The molecule has 104 valence electrons. The van der Waals surface area contributed by atoms with Crippen molar-refractivity contribution < 1.29 is 9.18 Å². The Bertz CT molecular complexity index is 486. The van der Waals surface area contributed by atoms with Crippen molar-refractivity contribution in [1.29, 1.82) is 0 Å². The molecular formula is C14H18ClFN2O. The van der Waals surface area contributed by atoms with Gasteiger partial charge in [0.1, 0.15) is 5.82 Å². The first-order valence-electron chi connectivity index (χ1n) is 6.50. The van der Waals surface area contributed by atoms with Crippen LogP contribution in [-0.2, 0) is 6.54 Å². The van der Waals surface area contributed by atoms with Gasteiger partial charge >= 0.3 is 0 Å². The lowest BCUT2D eigenvalue weighted by Gasteiger charge is -2.33. The summed E-state index contributed by atoms with van der Waals surface area (Å²) in [6.45, 7) is 0.619. The van der Waals surface area contributed by atoms with Gasteiger partial charge < -0.3 is 10.6 Å². The van der Waals surface area contributed by atoms with E-state index in [0.717, 1.165) is 31.2 Å². The minimum atomic E-state index is -0.338. The zero-order valence-corrected chi connectivity index (χ0v) is 11.5. The fraction of sp³-hybridized carbons (Fsp3) is 0.500. The number of hydrogen-bond donors (Lipinski definition) is 1. The minimum Gasteiger partial charge on any atom is -0.331 e. The van der Waals surface area contributed by atoms with Gasteiger partial charge in [0, 0.05) is 24.2 Å². The van der Waals surface area contributed by atoms with Crippen LogP contribution < -0.4 is 5.73 Å². The third kappa shape index (κ3) is 2.60. The van der Waals surface area contributed by atoms with Crippen molar-refractivity contribution in [2.75, 3.05) is 0 Å². The Morgan fingerprint density at radius 1 is 1.21 bits per heavy atom. The molecule has 0 unspecified atom stereocenters. The second kappa shape index (κ2) is 5.47. The highest BCUT2D eigenvalue weighted by atomic mass is 35.5. The Morgan fingerprint density at radius 3 is 2.58 bits per heavy atom. The van der Waals surface area contributed by atoms with Gasteiger partial charge in [-0.2, -0.15) is 0 Å². The van der Waals surface area contributed by atoms with E-state index in [-0.39, 0.29) is 36.2 Å². The number of carbonyl (C=O) groups excluding carboxylic acids is 1. The third-order valence-electron chi connectivity index (χ3n) is 4.09. The second-order valence-electron chi connectivity index (χ2n) is 5.30. The summed E-state index contributed by atoms with van der Waals surface area (Å²) in [5, 5.41) is 0. The topological polar surface area (TPSA) is 46.3 Å². The number of benzene rings is 1. The number of rotatable bonds is 1. The molecule has 0 bridgehead atoms. The molecule has 0 atom stereocenters. The highest BCUT2D eigenvalue weighted by Gasteiger charge is 2.34. The second-order valence-corrected chi connectivity index (χ2v) is 5.30. The van der Waals surface area contributed by atoms with Crippen molar-refractivity contribution in [2.45, 2.75) is 44.3 Å². The fourth-order valence-corrected chi connectivity index (χ4v) is 3.00. The van der Waals surface area contributed by atoms with Crippen molar-refractivity contribution in [3.05, 3.63) is 35.1 Å². The Morgan fingerprint density at radius 2 is 1.89 bits per heavy atom. The average molecular weight is 285 g/mol. The molecule has 3 nitrogen and oxygen atoms in total. The van der Waals surface area contributed by atoms with Gasteiger partial charge in [-0.05, 0) is 43.4 Å². The Labute approximate surface area is 118 Å². The molecule has 1 aliphatic heterocycles. The smallest absolute Gasteiger partial charge is 0.254 e. The van der Waals surface area contributed by atoms with E-state index in [4.69, 9.17) is 5.73 Å². The summed E-state index contributed by atoms with van der Waals surface area (Å²) in [4.78, 5) is 14.1. The molecule has 1 heterocycles. The summed E-state index contributed by atoms with van der Waals surface area (Å²) >= 11 is 0. The van der Waals surface area contributed by atoms with E-state index >= 15 is 0 Å². The molecule has 0 radical (unpaired) electrons. The Balaban J connectivity index is 0.00000133. The Kier molecular flexibility index (Phi) is 4.11. The summed E-state index contributed by atoms with van der Waals surface area (Å²) in [6, 6.07) is 5.04. The molecule has 19 heavy (non-hydrogen) atoms. The van der Waals surface area contributed by atoms with Crippen molar-refractivity contribution in [3.8, 4) is 0 Å². The van der Waals surface area contributed by atoms with Crippen molar-refractivity contribution >= 4 is 18.3 Å². The van der Waals surface area contributed by atoms with Gasteiger partial charge in [0.2, 0.25) is 0 Å². The van der Waals surface area contributed by atoms with Crippen molar-refractivity contribution in [2.24, 2.45) is 5.73 Å². The standard InChI is InChI=1S/C14H17FN2O.ClH/c15-10-2-1-9-8-17(14(18)13(9)7-10)12-5-3-11(16)4-6-12;/h1-2,7,11-12H,3-6,8,16H2;1H. The monoisotopic (exact) mass is 284 g/mol. The SMILES string of the molecule is Cl.NC1CCC(N2Cc3ccc(F)cc3C2=O)CC1. The molecule has 3 rings (SSSR count). The van der Waals surface area contributed by atoms with E-state index in [0.29, 0.717) is 12.1 Å². The van der Waals surface area contributed by atoms with Gasteiger partial charge in [-0.1, -0.05) is 6.07 Å². The summed E-state index contributed by atoms with van der Waals surface area (Å²) in [5.41, 5.74) is 7.35. The van der Waals surface area contributed by atoms with Crippen LogP contribution >= 0.6 is 12.4 Å². The zero-order chi connectivity index (χ0) is 12.7. The van der Waals surface area contributed by atoms with E-state index in [2.05, 4.69) is 0 Å².